The highest BCUT2D eigenvalue weighted by Crippen LogP contribution is 2.39. The molecule has 0 fully saturated rings. The van der Waals surface area contributed by atoms with Gasteiger partial charge in [0.1, 0.15) is 33.3 Å². The Bertz CT molecular complexity index is 891. The van der Waals surface area contributed by atoms with Gasteiger partial charge in [0, 0.05) is 0 Å². The van der Waals surface area contributed by atoms with E-state index in [1.165, 1.54) is 18.2 Å². The lowest BCUT2D eigenvalue weighted by Gasteiger charge is -2.18. The molecule has 1 aromatic heterocycles. The highest BCUT2D eigenvalue weighted by molar-refractivity contribution is 7.91. The molecule has 1 aliphatic rings. The van der Waals surface area contributed by atoms with Crippen LogP contribution in [0.25, 0.3) is 0 Å². The summed E-state index contributed by atoms with van der Waals surface area (Å²) < 4.78 is 39.4. The highest BCUT2D eigenvalue weighted by Gasteiger charge is 2.33. The summed E-state index contributed by atoms with van der Waals surface area (Å²) in [6.07, 6.45) is -0.426. The second kappa shape index (κ2) is 4.99. The first kappa shape index (κ1) is 14.9. The monoisotopic (exact) mass is 342 g/mol. The van der Waals surface area contributed by atoms with Crippen LogP contribution < -0.4 is 11.1 Å². The number of aromatic amines is 1. The van der Waals surface area contributed by atoms with Crippen LogP contribution in [0, 0.1) is 5.82 Å². The minimum Gasteiger partial charge on any atom is -0.384 e. The minimum atomic E-state index is -4.15. The van der Waals surface area contributed by atoms with Crippen molar-refractivity contribution in [2.24, 2.45) is 4.99 Å². The second-order valence-corrected chi connectivity index (χ2v) is 7.00. The lowest BCUT2D eigenvalue weighted by Crippen LogP contribution is -2.21. The molecule has 1 unspecified atom stereocenters. The molecule has 0 spiro atoms. The van der Waals surface area contributed by atoms with Gasteiger partial charge in [-0.15, -0.1) is 0 Å². The van der Waals surface area contributed by atoms with E-state index in [0.717, 1.165) is 6.07 Å². The Hall–Kier alpha value is -2.06. The van der Waals surface area contributed by atoms with E-state index in [1.54, 1.807) is 6.92 Å². The van der Waals surface area contributed by atoms with Crippen molar-refractivity contribution in [1.82, 2.24) is 4.98 Å². The number of rotatable bonds is 2. The second-order valence-electron chi connectivity index (χ2n) is 4.79. The van der Waals surface area contributed by atoms with E-state index < -0.39 is 26.7 Å². The molecule has 0 radical (unpaired) electrons. The van der Waals surface area contributed by atoms with E-state index >= 15 is 0 Å². The van der Waals surface area contributed by atoms with E-state index in [0.29, 0.717) is 0 Å². The van der Waals surface area contributed by atoms with Crippen LogP contribution >= 0.6 is 11.6 Å². The molecule has 1 atom stereocenters. The summed E-state index contributed by atoms with van der Waals surface area (Å²) in [5, 5.41) is 3.00. The number of nitrogens with one attached hydrogen (secondary N) is 2. The number of sulfone groups is 1. The number of aromatic nitrogens is 1. The standard InChI is InChI=1S/C13H12ClFN4O2S/c1-6-17-9-10(12(14)18-6)19-13(16)11(9)22(20,21)8-5-3-2-4-7(8)15/h2-6,17,19H,16H2,1H3. The van der Waals surface area contributed by atoms with Gasteiger partial charge < -0.3 is 16.0 Å². The van der Waals surface area contributed by atoms with Crippen LogP contribution in [0.5, 0.6) is 0 Å². The fraction of sp³-hybridized carbons (Fsp3) is 0.154. The molecule has 4 N–H and O–H groups in total. The van der Waals surface area contributed by atoms with E-state index in [1.807, 2.05) is 0 Å². The lowest BCUT2D eigenvalue weighted by molar-refractivity contribution is 0.567. The Morgan fingerprint density at radius 3 is 2.73 bits per heavy atom. The summed E-state index contributed by atoms with van der Waals surface area (Å²) in [6.45, 7) is 1.70. The van der Waals surface area contributed by atoms with E-state index in [-0.39, 0.29) is 27.3 Å². The van der Waals surface area contributed by atoms with Crippen molar-refractivity contribution >= 4 is 38.1 Å². The van der Waals surface area contributed by atoms with Crippen molar-refractivity contribution in [2.45, 2.75) is 22.9 Å². The zero-order valence-corrected chi connectivity index (χ0v) is 13.0. The van der Waals surface area contributed by atoms with Gasteiger partial charge in [0.05, 0.1) is 5.69 Å². The van der Waals surface area contributed by atoms with Gasteiger partial charge in [0.15, 0.2) is 5.17 Å². The average molecular weight is 343 g/mol. The molecule has 0 aliphatic carbocycles. The first-order valence-corrected chi connectivity index (χ1v) is 8.19. The Kier molecular flexibility index (Phi) is 3.37. The molecule has 1 aromatic carbocycles. The third-order valence-corrected chi connectivity index (χ3v) is 5.40. The van der Waals surface area contributed by atoms with Gasteiger partial charge >= 0.3 is 0 Å². The van der Waals surface area contributed by atoms with Gasteiger partial charge in [-0.05, 0) is 19.1 Å². The van der Waals surface area contributed by atoms with Crippen molar-refractivity contribution in [3.05, 3.63) is 35.8 Å². The van der Waals surface area contributed by atoms with Crippen LogP contribution in [0.2, 0.25) is 0 Å². The number of nitrogens with zero attached hydrogens (tertiary/aromatic N) is 1. The summed E-state index contributed by atoms with van der Waals surface area (Å²) in [5.41, 5.74) is 6.26. The maximum Gasteiger partial charge on any atom is 0.215 e. The third kappa shape index (κ3) is 2.15. The summed E-state index contributed by atoms with van der Waals surface area (Å²) in [7, 11) is -4.15. The first-order valence-electron chi connectivity index (χ1n) is 6.33. The first-order chi connectivity index (χ1) is 10.3. The number of nitrogens with two attached hydrogens (primary N) is 1. The number of hydrogen-bond donors (Lipinski definition) is 3. The fourth-order valence-electron chi connectivity index (χ4n) is 2.32. The fourth-order valence-corrected chi connectivity index (χ4v) is 4.18. The summed E-state index contributed by atoms with van der Waals surface area (Å²) in [6, 6.07) is 5.11. The van der Waals surface area contributed by atoms with Gasteiger partial charge in [-0.25, -0.2) is 17.8 Å². The SMILES string of the molecule is CC1N=C(Cl)c2[nH]c(N)c(S(=O)(=O)c3ccccc3F)c2N1. The molecule has 0 saturated carbocycles. The molecule has 116 valence electrons. The van der Waals surface area contributed by atoms with Crippen LogP contribution in [-0.4, -0.2) is 24.7 Å². The molecule has 9 heteroatoms. The number of anilines is 2. The zero-order chi connectivity index (χ0) is 16.1. The average Bonchev–Trinajstić information content (AvgIpc) is 2.76. The number of benzene rings is 1. The number of aliphatic imine (C=N–C) groups is 1. The normalized spacial score (nSPS) is 17.6. The molecular weight excluding hydrogens is 331 g/mol. The molecule has 3 rings (SSSR count). The summed E-state index contributed by atoms with van der Waals surface area (Å²) in [4.78, 5) is 6.07. The van der Waals surface area contributed by atoms with E-state index in [4.69, 9.17) is 17.3 Å². The maximum absolute atomic E-state index is 13.9. The molecule has 2 heterocycles. The van der Waals surface area contributed by atoms with E-state index in [9.17, 15) is 12.8 Å². The molecule has 0 amide bonds. The van der Waals surface area contributed by atoms with Gasteiger partial charge in [-0.2, -0.15) is 0 Å². The van der Waals surface area contributed by atoms with Gasteiger partial charge in [-0.3, -0.25) is 0 Å². The topological polar surface area (TPSA) is 100 Å². The number of fused-ring (bicyclic) bond motifs is 1. The summed E-state index contributed by atoms with van der Waals surface area (Å²) >= 11 is 6.01. The molecule has 6 nitrogen and oxygen atoms in total. The van der Waals surface area contributed by atoms with Crippen LogP contribution in [0.15, 0.2) is 39.0 Å². The Morgan fingerprint density at radius 2 is 2.05 bits per heavy atom. The Labute approximate surface area is 131 Å². The minimum absolute atomic E-state index is 0.114. The highest BCUT2D eigenvalue weighted by atomic mass is 35.5. The number of H-pyrrole nitrogens is 1. The van der Waals surface area contributed by atoms with Crippen molar-refractivity contribution in [2.75, 3.05) is 11.1 Å². The van der Waals surface area contributed by atoms with Gasteiger partial charge in [0.25, 0.3) is 0 Å². The largest absolute Gasteiger partial charge is 0.384 e. The van der Waals surface area contributed by atoms with Crippen molar-refractivity contribution in [3.63, 3.8) is 0 Å². The molecule has 22 heavy (non-hydrogen) atoms. The van der Waals surface area contributed by atoms with Crippen LogP contribution in [0.1, 0.15) is 12.6 Å². The maximum atomic E-state index is 13.9. The molecule has 2 aromatic rings. The van der Waals surface area contributed by atoms with Crippen LogP contribution in [0.4, 0.5) is 15.9 Å². The third-order valence-electron chi connectivity index (χ3n) is 3.24. The predicted octanol–water partition coefficient (Wildman–Crippen LogP) is 2.33. The lowest BCUT2D eigenvalue weighted by atomic mass is 10.3. The molecular formula is C13H12ClFN4O2S. The Morgan fingerprint density at radius 1 is 1.36 bits per heavy atom. The van der Waals surface area contributed by atoms with Crippen molar-refractivity contribution in [1.29, 1.82) is 0 Å². The van der Waals surface area contributed by atoms with Crippen LogP contribution in [0.3, 0.4) is 0 Å². The quantitative estimate of drug-likeness (QED) is 0.779. The Balaban J connectivity index is 2.27. The van der Waals surface area contributed by atoms with Crippen LogP contribution in [-0.2, 0) is 9.84 Å². The van der Waals surface area contributed by atoms with Gasteiger partial charge in [0.2, 0.25) is 9.84 Å². The van der Waals surface area contributed by atoms with E-state index in [2.05, 4.69) is 15.3 Å². The number of halogens is 2. The van der Waals surface area contributed by atoms with Gasteiger partial charge in [-0.1, -0.05) is 23.7 Å². The van der Waals surface area contributed by atoms with Crippen molar-refractivity contribution in [3.8, 4) is 0 Å². The number of nitrogen functional groups attached to an aromatic ring is 1. The molecule has 1 aliphatic heterocycles. The number of hydrogen-bond acceptors (Lipinski definition) is 5. The smallest absolute Gasteiger partial charge is 0.215 e. The van der Waals surface area contributed by atoms with Crippen molar-refractivity contribution < 1.29 is 12.8 Å². The zero-order valence-electron chi connectivity index (χ0n) is 11.4. The molecule has 0 bridgehead atoms. The summed E-state index contributed by atoms with van der Waals surface area (Å²) in [5.74, 6) is -0.969. The molecule has 0 saturated heterocycles. The predicted molar refractivity (Wildman–Crippen MR) is 82.5 cm³/mol.